The van der Waals surface area contributed by atoms with Crippen LogP contribution in [0.1, 0.15) is 31.4 Å². The Morgan fingerprint density at radius 2 is 1.89 bits per heavy atom. The van der Waals surface area contributed by atoms with Crippen molar-refractivity contribution in [3.8, 4) is 0 Å². The van der Waals surface area contributed by atoms with Crippen LogP contribution in [-0.4, -0.2) is 37.1 Å². The predicted octanol–water partition coefficient (Wildman–Crippen LogP) is 1.76. The van der Waals surface area contributed by atoms with Crippen LogP contribution >= 0.6 is 0 Å². The number of benzene rings is 1. The minimum atomic E-state index is 0.388. The third kappa shape index (κ3) is 3.55. The van der Waals surface area contributed by atoms with Crippen molar-refractivity contribution in [1.29, 1.82) is 0 Å². The molecule has 1 saturated heterocycles. The lowest BCUT2D eigenvalue weighted by atomic mass is 10.1. The van der Waals surface area contributed by atoms with Gasteiger partial charge in [-0.3, -0.25) is 4.90 Å². The molecule has 1 aliphatic rings. The van der Waals surface area contributed by atoms with Gasteiger partial charge in [0.15, 0.2) is 0 Å². The van der Waals surface area contributed by atoms with E-state index < -0.39 is 0 Å². The summed E-state index contributed by atoms with van der Waals surface area (Å²) >= 11 is 0. The second-order valence-electron chi connectivity index (χ2n) is 5.21. The Bertz CT molecular complexity index is 333. The van der Waals surface area contributed by atoms with Gasteiger partial charge >= 0.3 is 0 Å². The zero-order valence-corrected chi connectivity index (χ0v) is 11.3. The van der Waals surface area contributed by atoms with Gasteiger partial charge in [0.2, 0.25) is 0 Å². The molecule has 2 unspecified atom stereocenters. The molecule has 0 aromatic heterocycles. The molecule has 3 nitrogen and oxygen atoms in total. The van der Waals surface area contributed by atoms with Crippen molar-refractivity contribution in [3.05, 3.63) is 35.9 Å². The second-order valence-corrected chi connectivity index (χ2v) is 5.21. The van der Waals surface area contributed by atoms with E-state index in [1.54, 1.807) is 0 Å². The summed E-state index contributed by atoms with van der Waals surface area (Å²) < 4.78 is 0. The van der Waals surface area contributed by atoms with Crippen molar-refractivity contribution >= 4 is 0 Å². The summed E-state index contributed by atoms with van der Waals surface area (Å²) in [5.74, 6) is 0. The highest BCUT2D eigenvalue weighted by molar-refractivity contribution is 5.19. The van der Waals surface area contributed by atoms with E-state index >= 15 is 0 Å². The van der Waals surface area contributed by atoms with Crippen molar-refractivity contribution in [2.24, 2.45) is 5.73 Å². The zero-order chi connectivity index (χ0) is 12.8. The van der Waals surface area contributed by atoms with Gasteiger partial charge in [0.05, 0.1) is 0 Å². The topological polar surface area (TPSA) is 41.3 Å². The van der Waals surface area contributed by atoms with Crippen molar-refractivity contribution in [2.45, 2.75) is 31.8 Å². The first kappa shape index (κ1) is 13.5. The fourth-order valence-electron chi connectivity index (χ4n) is 2.58. The summed E-state index contributed by atoms with van der Waals surface area (Å²) in [6, 6.07) is 11.7. The largest absolute Gasteiger partial charge is 0.329 e. The van der Waals surface area contributed by atoms with Gasteiger partial charge in [-0.25, -0.2) is 0 Å². The molecule has 1 fully saturated rings. The SMILES string of the molecule is CC(CN)NCC(c1ccccc1)N1CCCC1. The molecule has 0 amide bonds. The lowest BCUT2D eigenvalue weighted by Gasteiger charge is -2.29. The number of nitrogens with one attached hydrogen (secondary N) is 1. The lowest BCUT2D eigenvalue weighted by molar-refractivity contribution is 0.234. The number of hydrogen-bond donors (Lipinski definition) is 2. The number of nitrogens with zero attached hydrogens (tertiary/aromatic N) is 1. The summed E-state index contributed by atoms with van der Waals surface area (Å²) in [6.07, 6.45) is 2.66. The van der Waals surface area contributed by atoms with Crippen molar-refractivity contribution in [1.82, 2.24) is 10.2 Å². The molecule has 3 heteroatoms. The lowest BCUT2D eigenvalue weighted by Crippen LogP contribution is -2.40. The van der Waals surface area contributed by atoms with Gasteiger partial charge < -0.3 is 11.1 Å². The summed E-state index contributed by atoms with van der Waals surface area (Å²) in [5, 5.41) is 3.54. The van der Waals surface area contributed by atoms with E-state index in [-0.39, 0.29) is 0 Å². The highest BCUT2D eigenvalue weighted by atomic mass is 15.2. The molecule has 100 valence electrons. The van der Waals surface area contributed by atoms with Gasteiger partial charge in [-0.1, -0.05) is 30.3 Å². The normalized spacial score (nSPS) is 19.9. The molecule has 0 radical (unpaired) electrons. The Kier molecular flexibility index (Phi) is 5.17. The molecule has 0 aliphatic carbocycles. The van der Waals surface area contributed by atoms with E-state index in [0.717, 1.165) is 6.54 Å². The standard InChI is InChI=1S/C15H25N3/c1-13(11-16)17-12-15(18-9-5-6-10-18)14-7-3-2-4-8-14/h2-4,7-8,13,15,17H,5-6,9-12,16H2,1H3. The number of likely N-dealkylation sites (tertiary alicyclic amines) is 1. The minimum absolute atomic E-state index is 0.388. The van der Waals surface area contributed by atoms with E-state index in [1.807, 2.05) is 0 Å². The maximum Gasteiger partial charge on any atom is 0.0472 e. The van der Waals surface area contributed by atoms with Crippen molar-refractivity contribution in [3.63, 3.8) is 0 Å². The molecule has 0 spiro atoms. The highest BCUT2D eigenvalue weighted by Crippen LogP contribution is 2.24. The molecule has 1 aromatic rings. The van der Waals surface area contributed by atoms with Gasteiger partial charge in [0.25, 0.3) is 0 Å². The maximum absolute atomic E-state index is 5.67. The fourth-order valence-corrected chi connectivity index (χ4v) is 2.58. The zero-order valence-electron chi connectivity index (χ0n) is 11.3. The Hall–Kier alpha value is -0.900. The smallest absolute Gasteiger partial charge is 0.0472 e. The van der Waals surface area contributed by atoms with Gasteiger partial charge in [0.1, 0.15) is 0 Å². The van der Waals surface area contributed by atoms with Crippen molar-refractivity contribution < 1.29 is 0 Å². The average molecular weight is 247 g/mol. The first-order valence-electron chi connectivity index (χ1n) is 7.03. The number of hydrogen-bond acceptors (Lipinski definition) is 3. The third-order valence-electron chi connectivity index (χ3n) is 3.78. The molecule has 1 aromatic carbocycles. The summed E-state index contributed by atoms with van der Waals surface area (Å²) in [5.41, 5.74) is 7.09. The Morgan fingerprint density at radius 1 is 1.22 bits per heavy atom. The van der Waals surface area contributed by atoms with Gasteiger partial charge in [-0.2, -0.15) is 0 Å². The molecule has 1 aliphatic heterocycles. The van der Waals surface area contributed by atoms with Crippen LogP contribution in [-0.2, 0) is 0 Å². The van der Waals surface area contributed by atoms with Crippen LogP contribution in [0.2, 0.25) is 0 Å². The van der Waals surface area contributed by atoms with Crippen LogP contribution < -0.4 is 11.1 Å². The highest BCUT2D eigenvalue weighted by Gasteiger charge is 2.23. The van der Waals surface area contributed by atoms with Crippen LogP contribution in [0.25, 0.3) is 0 Å². The molecule has 2 atom stereocenters. The Labute approximate surface area is 110 Å². The molecule has 3 N–H and O–H groups in total. The van der Waals surface area contributed by atoms with Gasteiger partial charge in [-0.15, -0.1) is 0 Å². The average Bonchev–Trinajstić information content (AvgIpc) is 2.94. The first-order chi connectivity index (χ1) is 8.81. The van der Waals surface area contributed by atoms with Crippen LogP contribution in [0.4, 0.5) is 0 Å². The molecular formula is C15H25N3. The van der Waals surface area contributed by atoms with E-state index in [9.17, 15) is 0 Å². The Morgan fingerprint density at radius 3 is 2.50 bits per heavy atom. The van der Waals surface area contributed by atoms with Crippen LogP contribution in [0.5, 0.6) is 0 Å². The van der Waals surface area contributed by atoms with Crippen LogP contribution in [0.3, 0.4) is 0 Å². The summed E-state index contributed by atoms with van der Waals surface area (Å²) in [7, 11) is 0. The second kappa shape index (κ2) is 6.88. The first-order valence-corrected chi connectivity index (χ1v) is 7.03. The van der Waals surface area contributed by atoms with E-state index in [4.69, 9.17) is 5.73 Å². The Balaban J connectivity index is 2.03. The molecule has 1 heterocycles. The predicted molar refractivity (Wildman–Crippen MR) is 76.5 cm³/mol. The molecular weight excluding hydrogens is 222 g/mol. The number of rotatable bonds is 6. The molecule has 0 bridgehead atoms. The maximum atomic E-state index is 5.67. The van der Waals surface area contributed by atoms with E-state index in [1.165, 1.54) is 31.5 Å². The molecule has 2 rings (SSSR count). The van der Waals surface area contributed by atoms with Gasteiger partial charge in [0, 0.05) is 25.2 Å². The monoisotopic (exact) mass is 247 g/mol. The van der Waals surface area contributed by atoms with Gasteiger partial charge in [-0.05, 0) is 38.4 Å². The van der Waals surface area contributed by atoms with Crippen LogP contribution in [0, 0.1) is 0 Å². The van der Waals surface area contributed by atoms with Crippen molar-refractivity contribution in [2.75, 3.05) is 26.2 Å². The fraction of sp³-hybridized carbons (Fsp3) is 0.600. The van der Waals surface area contributed by atoms with E-state index in [2.05, 4.69) is 47.5 Å². The van der Waals surface area contributed by atoms with E-state index in [0.29, 0.717) is 18.6 Å². The molecule has 18 heavy (non-hydrogen) atoms. The summed E-state index contributed by atoms with van der Waals surface area (Å²) in [6.45, 7) is 6.27. The quantitative estimate of drug-likeness (QED) is 0.805. The summed E-state index contributed by atoms with van der Waals surface area (Å²) in [4.78, 5) is 2.59. The minimum Gasteiger partial charge on any atom is -0.329 e. The number of nitrogens with two attached hydrogens (primary N) is 1. The van der Waals surface area contributed by atoms with Crippen LogP contribution in [0.15, 0.2) is 30.3 Å². The molecule has 0 saturated carbocycles. The third-order valence-corrected chi connectivity index (χ3v) is 3.78.